The van der Waals surface area contributed by atoms with Crippen LogP contribution in [0.2, 0.25) is 0 Å². The van der Waals surface area contributed by atoms with Crippen molar-refractivity contribution in [3.8, 4) is 5.75 Å². The number of benzene rings is 1. The minimum Gasteiger partial charge on any atom is -0.495 e. The van der Waals surface area contributed by atoms with E-state index in [0.717, 1.165) is 37.9 Å². The molecule has 1 N–H and O–H groups in total. The van der Waals surface area contributed by atoms with E-state index in [2.05, 4.69) is 5.32 Å². The minimum absolute atomic E-state index is 0.350. The van der Waals surface area contributed by atoms with E-state index >= 15 is 0 Å². The summed E-state index contributed by atoms with van der Waals surface area (Å²) in [5, 5.41) is 3.36. The monoisotopic (exact) mass is 283 g/mol. The molecule has 106 valence electrons. The number of ether oxygens (including phenoxy) is 1. The van der Waals surface area contributed by atoms with Crippen molar-refractivity contribution in [3.05, 3.63) is 23.8 Å². The quantitative estimate of drug-likeness (QED) is 0.912. The predicted octanol–water partition coefficient (Wildman–Crippen LogP) is 1.64. The molecule has 1 aliphatic rings. The zero-order valence-electron chi connectivity index (χ0n) is 11.5. The van der Waals surface area contributed by atoms with Gasteiger partial charge in [0.15, 0.2) is 9.84 Å². The molecule has 0 aromatic heterocycles. The largest absolute Gasteiger partial charge is 0.495 e. The first kappa shape index (κ1) is 14.3. The number of rotatable bonds is 4. The summed E-state index contributed by atoms with van der Waals surface area (Å²) in [4.78, 5) is 0.350. The molecule has 1 aliphatic heterocycles. The SMILES string of the molecule is COc1cccc(CC2CCCNC2)c1S(C)(=O)=O. The van der Waals surface area contributed by atoms with Gasteiger partial charge in [0.2, 0.25) is 0 Å². The van der Waals surface area contributed by atoms with Gasteiger partial charge < -0.3 is 10.1 Å². The highest BCUT2D eigenvalue weighted by atomic mass is 32.2. The molecule has 5 heteroatoms. The lowest BCUT2D eigenvalue weighted by atomic mass is 9.92. The molecule has 0 radical (unpaired) electrons. The van der Waals surface area contributed by atoms with Crippen molar-refractivity contribution in [2.45, 2.75) is 24.2 Å². The molecule has 1 saturated heterocycles. The second-order valence-corrected chi connectivity index (χ2v) is 7.09. The lowest BCUT2D eigenvalue weighted by Crippen LogP contribution is -2.31. The van der Waals surface area contributed by atoms with Crippen LogP contribution >= 0.6 is 0 Å². The van der Waals surface area contributed by atoms with Crippen molar-refractivity contribution in [1.82, 2.24) is 5.32 Å². The van der Waals surface area contributed by atoms with Gasteiger partial charge in [-0.05, 0) is 49.9 Å². The van der Waals surface area contributed by atoms with Crippen LogP contribution in [0.5, 0.6) is 5.75 Å². The third kappa shape index (κ3) is 3.48. The smallest absolute Gasteiger partial charge is 0.179 e. The first-order valence-corrected chi connectivity index (χ1v) is 8.48. The van der Waals surface area contributed by atoms with E-state index in [9.17, 15) is 8.42 Å². The van der Waals surface area contributed by atoms with Crippen LogP contribution < -0.4 is 10.1 Å². The van der Waals surface area contributed by atoms with Crippen LogP contribution in [0.1, 0.15) is 18.4 Å². The van der Waals surface area contributed by atoms with E-state index in [0.29, 0.717) is 16.6 Å². The van der Waals surface area contributed by atoms with E-state index < -0.39 is 9.84 Å². The normalized spacial score (nSPS) is 20.2. The third-order valence-corrected chi connectivity index (χ3v) is 4.76. The van der Waals surface area contributed by atoms with Gasteiger partial charge in [-0.2, -0.15) is 0 Å². The zero-order chi connectivity index (χ0) is 13.9. The fourth-order valence-corrected chi connectivity index (χ4v) is 3.86. The maximum Gasteiger partial charge on any atom is 0.179 e. The number of nitrogens with one attached hydrogen (secondary N) is 1. The summed E-state index contributed by atoms with van der Waals surface area (Å²) >= 11 is 0. The van der Waals surface area contributed by atoms with Crippen LogP contribution in [0.3, 0.4) is 0 Å². The highest BCUT2D eigenvalue weighted by Gasteiger charge is 2.22. The average Bonchev–Trinajstić information content (AvgIpc) is 2.38. The fraction of sp³-hybridized carbons (Fsp3) is 0.571. The van der Waals surface area contributed by atoms with E-state index in [1.807, 2.05) is 12.1 Å². The van der Waals surface area contributed by atoms with Crippen LogP contribution in [-0.2, 0) is 16.3 Å². The highest BCUT2D eigenvalue weighted by molar-refractivity contribution is 7.90. The van der Waals surface area contributed by atoms with Crippen molar-refractivity contribution in [2.24, 2.45) is 5.92 Å². The van der Waals surface area contributed by atoms with Crippen LogP contribution in [0.4, 0.5) is 0 Å². The first-order chi connectivity index (χ1) is 9.02. The Labute approximate surface area is 115 Å². The van der Waals surface area contributed by atoms with Crippen molar-refractivity contribution < 1.29 is 13.2 Å². The topological polar surface area (TPSA) is 55.4 Å². The molecule has 1 heterocycles. The molecule has 0 bridgehead atoms. The average molecular weight is 283 g/mol. The Kier molecular flexibility index (Phi) is 4.47. The second kappa shape index (κ2) is 5.92. The summed E-state index contributed by atoms with van der Waals surface area (Å²) in [6.45, 7) is 2.02. The summed E-state index contributed by atoms with van der Waals surface area (Å²) < 4.78 is 29.2. The Morgan fingerprint density at radius 1 is 1.42 bits per heavy atom. The van der Waals surface area contributed by atoms with E-state index in [-0.39, 0.29) is 0 Å². The molecular formula is C14H21NO3S. The zero-order valence-corrected chi connectivity index (χ0v) is 12.3. The van der Waals surface area contributed by atoms with E-state index in [1.54, 1.807) is 6.07 Å². The van der Waals surface area contributed by atoms with Crippen molar-refractivity contribution in [2.75, 3.05) is 26.5 Å². The Bertz CT molecular complexity index is 534. The lowest BCUT2D eigenvalue weighted by molar-refractivity contribution is 0.370. The summed E-state index contributed by atoms with van der Waals surface area (Å²) in [7, 11) is -1.76. The number of hydrogen-bond donors (Lipinski definition) is 1. The van der Waals surface area contributed by atoms with Crippen LogP contribution in [0, 0.1) is 5.92 Å². The van der Waals surface area contributed by atoms with Gasteiger partial charge in [-0.15, -0.1) is 0 Å². The maximum absolute atomic E-state index is 12.0. The van der Waals surface area contributed by atoms with Crippen molar-refractivity contribution in [1.29, 1.82) is 0 Å². The summed E-state index contributed by atoms with van der Waals surface area (Å²) in [6.07, 6.45) is 4.33. The van der Waals surface area contributed by atoms with Gasteiger partial charge in [0, 0.05) is 6.26 Å². The fourth-order valence-electron chi connectivity index (χ4n) is 2.71. The molecule has 0 aliphatic carbocycles. The number of hydrogen-bond acceptors (Lipinski definition) is 4. The molecule has 0 amide bonds. The highest BCUT2D eigenvalue weighted by Crippen LogP contribution is 2.30. The molecule has 1 aromatic carbocycles. The Morgan fingerprint density at radius 2 is 2.21 bits per heavy atom. The Hall–Kier alpha value is -1.07. The molecule has 19 heavy (non-hydrogen) atoms. The maximum atomic E-state index is 12.0. The molecule has 4 nitrogen and oxygen atoms in total. The lowest BCUT2D eigenvalue weighted by Gasteiger charge is -2.24. The molecule has 0 saturated carbocycles. The Morgan fingerprint density at radius 3 is 2.79 bits per heavy atom. The van der Waals surface area contributed by atoms with E-state index in [4.69, 9.17) is 4.74 Å². The van der Waals surface area contributed by atoms with Gasteiger partial charge in [-0.1, -0.05) is 12.1 Å². The number of methoxy groups -OCH3 is 1. The van der Waals surface area contributed by atoms with Crippen LogP contribution in [0.15, 0.2) is 23.1 Å². The third-order valence-electron chi connectivity index (χ3n) is 3.56. The van der Waals surface area contributed by atoms with Crippen molar-refractivity contribution in [3.63, 3.8) is 0 Å². The van der Waals surface area contributed by atoms with Crippen molar-refractivity contribution >= 4 is 9.84 Å². The molecule has 1 aromatic rings. The van der Waals surface area contributed by atoms with Gasteiger partial charge in [-0.3, -0.25) is 0 Å². The number of sulfone groups is 1. The number of piperidine rings is 1. The Balaban J connectivity index is 2.33. The molecule has 1 fully saturated rings. The predicted molar refractivity (Wildman–Crippen MR) is 75.4 cm³/mol. The second-order valence-electron chi connectivity index (χ2n) is 5.14. The molecule has 1 unspecified atom stereocenters. The van der Waals surface area contributed by atoms with Gasteiger partial charge >= 0.3 is 0 Å². The minimum atomic E-state index is -3.27. The standard InChI is InChI=1S/C14H21NO3S/c1-18-13-7-3-6-12(14(13)19(2,16)17)9-11-5-4-8-15-10-11/h3,6-7,11,15H,4-5,8-10H2,1-2H3. The molecule has 1 atom stereocenters. The summed E-state index contributed by atoms with van der Waals surface area (Å²) in [5.41, 5.74) is 0.871. The summed E-state index contributed by atoms with van der Waals surface area (Å²) in [6, 6.07) is 5.46. The molecule has 2 rings (SSSR count). The summed E-state index contributed by atoms with van der Waals surface area (Å²) in [5.74, 6) is 0.949. The van der Waals surface area contributed by atoms with Gasteiger partial charge in [0.1, 0.15) is 10.6 Å². The first-order valence-electron chi connectivity index (χ1n) is 6.59. The van der Waals surface area contributed by atoms with E-state index in [1.165, 1.54) is 13.4 Å². The van der Waals surface area contributed by atoms with Gasteiger partial charge in [0.25, 0.3) is 0 Å². The van der Waals surface area contributed by atoms with Gasteiger partial charge in [-0.25, -0.2) is 8.42 Å². The van der Waals surface area contributed by atoms with Gasteiger partial charge in [0.05, 0.1) is 7.11 Å². The molecular weight excluding hydrogens is 262 g/mol. The van der Waals surface area contributed by atoms with Crippen LogP contribution in [0.25, 0.3) is 0 Å². The molecule has 0 spiro atoms. The van der Waals surface area contributed by atoms with Crippen LogP contribution in [-0.4, -0.2) is 34.9 Å².